The van der Waals surface area contributed by atoms with E-state index in [1.165, 1.54) is 37.8 Å². The molecule has 0 atom stereocenters. The van der Waals surface area contributed by atoms with E-state index >= 15 is 0 Å². The highest BCUT2D eigenvalue weighted by Crippen LogP contribution is 2.28. The Kier molecular flexibility index (Phi) is 8.64. The number of carboxylic acids is 1. The van der Waals surface area contributed by atoms with Gasteiger partial charge in [-0.1, -0.05) is 25.0 Å². The van der Waals surface area contributed by atoms with Gasteiger partial charge in [-0.15, -0.1) is 0 Å². The van der Waals surface area contributed by atoms with Crippen LogP contribution in [-0.4, -0.2) is 34.1 Å². The summed E-state index contributed by atoms with van der Waals surface area (Å²) in [6.07, 6.45) is 0.111. The van der Waals surface area contributed by atoms with Crippen LogP contribution in [0.3, 0.4) is 0 Å². The predicted molar refractivity (Wildman–Crippen MR) is 101 cm³/mol. The molecule has 166 valence electrons. The first kappa shape index (κ1) is 23.7. The summed E-state index contributed by atoms with van der Waals surface area (Å²) in [5, 5.41) is 14.9. The molecule has 1 saturated carbocycles. The molecular weight excluding hydrogens is 406 g/mol. The van der Waals surface area contributed by atoms with E-state index in [4.69, 9.17) is 14.6 Å². The number of carbonyl (C=O) groups is 1. The van der Waals surface area contributed by atoms with Crippen molar-refractivity contribution in [2.75, 3.05) is 7.05 Å². The Bertz CT molecular complexity index is 801. The van der Waals surface area contributed by atoms with Gasteiger partial charge in [-0.2, -0.15) is 18.3 Å². The van der Waals surface area contributed by atoms with Crippen LogP contribution in [0.1, 0.15) is 36.9 Å². The summed E-state index contributed by atoms with van der Waals surface area (Å²) < 4.78 is 52.6. The lowest BCUT2D eigenvalue weighted by Gasteiger charge is -2.13. The monoisotopic (exact) mass is 431 g/mol. The van der Waals surface area contributed by atoms with Crippen molar-refractivity contribution < 1.29 is 32.2 Å². The van der Waals surface area contributed by atoms with E-state index in [1.807, 2.05) is 17.8 Å². The summed E-state index contributed by atoms with van der Waals surface area (Å²) in [5.74, 6) is -1.49. The van der Waals surface area contributed by atoms with E-state index in [1.54, 1.807) is 12.1 Å². The molecule has 0 unspecified atom stereocenters. The highest BCUT2D eigenvalue weighted by atomic mass is 19.4. The van der Waals surface area contributed by atoms with E-state index in [9.17, 15) is 17.6 Å². The molecule has 10 heteroatoms. The average molecular weight is 431 g/mol. The summed E-state index contributed by atoms with van der Waals surface area (Å²) in [6, 6.07) is 8.42. The van der Waals surface area contributed by atoms with Gasteiger partial charge in [0.15, 0.2) is 0 Å². The Balaban J connectivity index is 0.000000396. The van der Waals surface area contributed by atoms with Gasteiger partial charge in [0.05, 0.1) is 5.69 Å². The predicted octanol–water partition coefficient (Wildman–Crippen LogP) is 4.14. The van der Waals surface area contributed by atoms with Crippen LogP contribution in [0, 0.1) is 11.7 Å². The fourth-order valence-corrected chi connectivity index (χ4v) is 3.14. The molecule has 1 aromatic heterocycles. The number of alkyl halides is 3. The molecule has 1 fully saturated rings. The van der Waals surface area contributed by atoms with Crippen LogP contribution in [0.15, 0.2) is 30.3 Å². The Labute approximate surface area is 171 Å². The molecular formula is C20H25F4N3O3. The minimum atomic E-state index is -5.08. The fourth-order valence-electron chi connectivity index (χ4n) is 3.14. The molecule has 0 aliphatic heterocycles. The minimum absolute atomic E-state index is 0.226. The van der Waals surface area contributed by atoms with Crippen molar-refractivity contribution in [3.05, 3.63) is 47.4 Å². The number of halogens is 4. The standard InChI is InChI=1S/C18H24FN3O.C2HF3O2/c1-20-11-17-10-18(22(21-17)12-14-4-2-3-5-14)23-13-15-6-8-16(19)9-7-15;3-2(4,5)1(6)7/h6-10,14,20H,2-5,11-13H2,1H3;(H,6,7). The molecule has 0 radical (unpaired) electrons. The van der Waals surface area contributed by atoms with E-state index in [0.29, 0.717) is 12.5 Å². The Morgan fingerprint density at radius 3 is 2.40 bits per heavy atom. The summed E-state index contributed by atoms with van der Waals surface area (Å²) in [6.45, 7) is 2.07. The highest BCUT2D eigenvalue weighted by Gasteiger charge is 2.38. The number of hydrogen-bond acceptors (Lipinski definition) is 4. The molecule has 0 amide bonds. The van der Waals surface area contributed by atoms with Gasteiger partial charge in [0, 0.05) is 19.2 Å². The normalized spacial score (nSPS) is 14.3. The molecule has 3 rings (SSSR count). The summed E-state index contributed by atoms with van der Waals surface area (Å²) in [4.78, 5) is 8.90. The Hall–Kier alpha value is -2.62. The lowest BCUT2D eigenvalue weighted by molar-refractivity contribution is -0.192. The van der Waals surface area contributed by atoms with E-state index in [-0.39, 0.29) is 5.82 Å². The molecule has 2 aromatic rings. The third kappa shape index (κ3) is 7.66. The first-order chi connectivity index (χ1) is 14.2. The topological polar surface area (TPSA) is 76.4 Å². The largest absolute Gasteiger partial charge is 0.490 e. The minimum Gasteiger partial charge on any atom is -0.475 e. The molecule has 2 N–H and O–H groups in total. The molecule has 30 heavy (non-hydrogen) atoms. The van der Waals surface area contributed by atoms with Crippen LogP contribution in [0.5, 0.6) is 5.88 Å². The van der Waals surface area contributed by atoms with Gasteiger partial charge in [0.25, 0.3) is 0 Å². The van der Waals surface area contributed by atoms with E-state index < -0.39 is 12.1 Å². The molecule has 1 aliphatic carbocycles. The van der Waals surface area contributed by atoms with Crippen LogP contribution >= 0.6 is 0 Å². The Morgan fingerprint density at radius 1 is 1.27 bits per heavy atom. The van der Waals surface area contributed by atoms with Crippen molar-refractivity contribution in [3.8, 4) is 5.88 Å². The van der Waals surface area contributed by atoms with Gasteiger partial charge in [0.2, 0.25) is 5.88 Å². The zero-order valence-electron chi connectivity index (χ0n) is 16.6. The van der Waals surface area contributed by atoms with Gasteiger partial charge in [-0.05, 0) is 43.5 Å². The smallest absolute Gasteiger partial charge is 0.475 e. The lowest BCUT2D eigenvalue weighted by Crippen LogP contribution is -2.21. The second kappa shape index (κ2) is 11.0. The van der Waals surface area contributed by atoms with Gasteiger partial charge in [-0.25, -0.2) is 13.9 Å². The summed E-state index contributed by atoms with van der Waals surface area (Å²) in [7, 11) is 1.91. The quantitative estimate of drug-likeness (QED) is 0.645. The molecule has 1 aromatic carbocycles. The number of aliphatic carboxylic acids is 1. The van der Waals surface area contributed by atoms with Crippen LogP contribution in [0.25, 0.3) is 0 Å². The Morgan fingerprint density at radius 2 is 1.87 bits per heavy atom. The van der Waals surface area contributed by atoms with Gasteiger partial charge in [-0.3, -0.25) is 0 Å². The van der Waals surface area contributed by atoms with E-state index in [0.717, 1.165) is 30.2 Å². The number of ether oxygens (including phenoxy) is 1. The molecule has 1 heterocycles. The molecule has 1 aliphatic rings. The van der Waals surface area contributed by atoms with Gasteiger partial charge < -0.3 is 15.2 Å². The van der Waals surface area contributed by atoms with Gasteiger partial charge in [0.1, 0.15) is 12.4 Å². The van der Waals surface area contributed by atoms with Crippen molar-refractivity contribution in [2.45, 2.75) is 51.6 Å². The first-order valence-corrected chi connectivity index (χ1v) is 9.57. The number of hydrogen-bond donors (Lipinski definition) is 2. The average Bonchev–Trinajstić information content (AvgIpc) is 3.32. The van der Waals surface area contributed by atoms with Crippen LogP contribution in [0.2, 0.25) is 0 Å². The van der Waals surface area contributed by atoms with Crippen LogP contribution < -0.4 is 10.1 Å². The van der Waals surface area contributed by atoms with Gasteiger partial charge >= 0.3 is 12.1 Å². The molecule has 0 bridgehead atoms. The highest BCUT2D eigenvalue weighted by molar-refractivity contribution is 5.73. The maximum absolute atomic E-state index is 13.0. The van der Waals surface area contributed by atoms with Crippen molar-refractivity contribution in [3.63, 3.8) is 0 Å². The fraction of sp³-hybridized carbons (Fsp3) is 0.500. The zero-order chi connectivity index (χ0) is 22.1. The van der Waals surface area contributed by atoms with Crippen molar-refractivity contribution in [1.29, 1.82) is 0 Å². The van der Waals surface area contributed by atoms with Crippen molar-refractivity contribution in [1.82, 2.24) is 15.1 Å². The van der Waals surface area contributed by atoms with Crippen LogP contribution in [-0.2, 0) is 24.5 Å². The number of nitrogens with one attached hydrogen (secondary N) is 1. The van der Waals surface area contributed by atoms with E-state index in [2.05, 4.69) is 10.4 Å². The van der Waals surface area contributed by atoms with Crippen LogP contribution in [0.4, 0.5) is 17.6 Å². The SMILES string of the molecule is CNCc1cc(OCc2ccc(F)cc2)n(CC2CCCC2)n1.O=C(O)C(F)(F)F. The molecule has 0 saturated heterocycles. The third-order valence-electron chi connectivity index (χ3n) is 4.60. The maximum Gasteiger partial charge on any atom is 0.490 e. The number of benzene rings is 1. The second-order valence-corrected chi connectivity index (χ2v) is 7.05. The zero-order valence-corrected chi connectivity index (χ0v) is 16.6. The van der Waals surface area contributed by atoms with Crippen molar-refractivity contribution in [2.24, 2.45) is 5.92 Å². The molecule has 6 nitrogen and oxygen atoms in total. The summed E-state index contributed by atoms with van der Waals surface area (Å²) >= 11 is 0. The first-order valence-electron chi connectivity index (χ1n) is 9.57. The summed E-state index contributed by atoms with van der Waals surface area (Å²) in [5.41, 5.74) is 1.94. The number of carboxylic acid groups (broad SMARTS) is 1. The van der Waals surface area contributed by atoms with Crippen molar-refractivity contribution >= 4 is 5.97 Å². The second-order valence-electron chi connectivity index (χ2n) is 7.05. The number of rotatable bonds is 7. The number of aromatic nitrogens is 2. The number of nitrogens with zero attached hydrogens (tertiary/aromatic N) is 2. The maximum atomic E-state index is 13.0. The lowest BCUT2D eigenvalue weighted by atomic mass is 10.1. The third-order valence-corrected chi connectivity index (χ3v) is 4.60. The molecule has 0 spiro atoms.